The first-order valence-corrected chi connectivity index (χ1v) is 6.88. The lowest BCUT2D eigenvalue weighted by atomic mass is 10.1. The maximum absolute atomic E-state index is 12.2. The zero-order valence-corrected chi connectivity index (χ0v) is 12.8. The summed E-state index contributed by atoms with van der Waals surface area (Å²) in [6.07, 6.45) is 1.49. The molecule has 122 valence electrons. The van der Waals surface area contributed by atoms with Gasteiger partial charge in [0.2, 0.25) is 0 Å². The molecule has 3 aromatic rings. The van der Waals surface area contributed by atoms with Crippen LogP contribution in [0.2, 0.25) is 0 Å². The molecule has 2 aromatic heterocycles. The summed E-state index contributed by atoms with van der Waals surface area (Å²) in [5, 5.41) is 12.9. The highest BCUT2D eigenvalue weighted by Crippen LogP contribution is 2.36. The summed E-state index contributed by atoms with van der Waals surface area (Å²) in [4.78, 5) is 35.3. The van der Waals surface area contributed by atoms with Gasteiger partial charge < -0.3 is 13.9 Å². The zero-order chi connectivity index (χ0) is 17.4. The number of hydrogen-bond acceptors (Lipinski definition) is 6. The molecule has 0 amide bonds. The van der Waals surface area contributed by atoms with Crippen molar-refractivity contribution in [1.82, 2.24) is 4.40 Å². The minimum atomic E-state index is -0.977. The molecule has 3 rings (SSSR count). The molecule has 0 aliphatic heterocycles. The van der Waals surface area contributed by atoms with Crippen LogP contribution >= 0.6 is 0 Å². The lowest BCUT2D eigenvalue weighted by Gasteiger charge is -2.04. The average Bonchev–Trinajstić information content (AvgIpc) is 2.96. The van der Waals surface area contributed by atoms with Crippen LogP contribution < -0.4 is 0 Å². The summed E-state index contributed by atoms with van der Waals surface area (Å²) < 4.78 is 10.6. The van der Waals surface area contributed by atoms with E-state index < -0.39 is 28.1 Å². The van der Waals surface area contributed by atoms with Gasteiger partial charge in [0.1, 0.15) is 5.52 Å². The largest absolute Gasteiger partial charge is 0.465 e. The summed E-state index contributed by atoms with van der Waals surface area (Å²) in [7, 11) is 2.23. The van der Waals surface area contributed by atoms with Gasteiger partial charge in [-0.2, -0.15) is 0 Å². The predicted octanol–water partition coefficient (Wildman–Crippen LogP) is 2.57. The molecule has 0 fully saturated rings. The Morgan fingerprint density at radius 2 is 1.75 bits per heavy atom. The molecule has 0 aliphatic rings. The lowest BCUT2D eigenvalue weighted by Crippen LogP contribution is -2.13. The lowest BCUT2D eigenvalue weighted by molar-refractivity contribution is -0.383. The Hall–Kier alpha value is -3.42. The van der Waals surface area contributed by atoms with E-state index in [4.69, 9.17) is 4.74 Å². The molecule has 0 N–H and O–H groups in total. The fourth-order valence-electron chi connectivity index (χ4n) is 2.77. The summed E-state index contributed by atoms with van der Waals surface area (Å²) in [6, 6.07) is 8.66. The maximum atomic E-state index is 12.2. The molecule has 0 bridgehead atoms. The van der Waals surface area contributed by atoms with Crippen LogP contribution in [-0.2, 0) is 9.47 Å². The van der Waals surface area contributed by atoms with Gasteiger partial charge >= 0.3 is 17.6 Å². The quantitative estimate of drug-likeness (QED) is 0.416. The number of nitro groups is 1. The van der Waals surface area contributed by atoms with Crippen LogP contribution in [0.4, 0.5) is 5.69 Å². The van der Waals surface area contributed by atoms with Gasteiger partial charge in [-0.15, -0.1) is 0 Å². The summed E-state index contributed by atoms with van der Waals surface area (Å²) in [5.74, 6) is -1.84. The third-order valence-electron chi connectivity index (χ3n) is 3.75. The minimum Gasteiger partial charge on any atom is -0.465 e. The Balaban J connectivity index is 2.61. The highest BCUT2D eigenvalue weighted by atomic mass is 16.6. The van der Waals surface area contributed by atoms with Gasteiger partial charge in [0.25, 0.3) is 0 Å². The van der Waals surface area contributed by atoms with Crippen molar-refractivity contribution >= 4 is 33.9 Å². The van der Waals surface area contributed by atoms with Crippen LogP contribution in [0.15, 0.2) is 36.5 Å². The monoisotopic (exact) mass is 328 g/mol. The van der Waals surface area contributed by atoms with E-state index in [1.54, 1.807) is 30.3 Å². The molecule has 0 unspecified atom stereocenters. The Morgan fingerprint density at radius 1 is 1.08 bits per heavy atom. The number of benzene rings is 1. The second-order valence-corrected chi connectivity index (χ2v) is 4.93. The van der Waals surface area contributed by atoms with E-state index in [2.05, 4.69) is 4.74 Å². The van der Waals surface area contributed by atoms with E-state index in [1.165, 1.54) is 10.6 Å². The molecular formula is C16H12N2O6. The second-order valence-electron chi connectivity index (χ2n) is 4.93. The van der Waals surface area contributed by atoms with Crippen LogP contribution in [-0.4, -0.2) is 35.5 Å². The van der Waals surface area contributed by atoms with Crippen molar-refractivity contribution in [3.63, 3.8) is 0 Å². The number of esters is 2. The van der Waals surface area contributed by atoms with Crippen LogP contribution in [0.1, 0.15) is 20.8 Å². The number of ether oxygens (including phenoxy) is 2. The number of pyridine rings is 1. The fourth-order valence-corrected chi connectivity index (χ4v) is 2.77. The molecule has 2 heterocycles. The Bertz CT molecular complexity index is 1000. The second kappa shape index (κ2) is 5.65. The number of fused-ring (bicyclic) bond motifs is 3. The topological polar surface area (TPSA) is 100 Å². The van der Waals surface area contributed by atoms with Crippen molar-refractivity contribution < 1.29 is 24.0 Å². The Kier molecular flexibility index (Phi) is 3.64. The van der Waals surface area contributed by atoms with Crippen molar-refractivity contribution in [2.24, 2.45) is 0 Å². The van der Waals surface area contributed by atoms with Gasteiger partial charge in [-0.05, 0) is 11.5 Å². The van der Waals surface area contributed by atoms with Crippen molar-refractivity contribution in [2.75, 3.05) is 14.2 Å². The van der Waals surface area contributed by atoms with Crippen molar-refractivity contribution in [3.8, 4) is 0 Å². The molecule has 0 saturated carbocycles. The first-order valence-electron chi connectivity index (χ1n) is 6.88. The molecule has 8 heteroatoms. The van der Waals surface area contributed by atoms with Crippen LogP contribution in [0.3, 0.4) is 0 Å². The number of aromatic nitrogens is 1. The molecule has 24 heavy (non-hydrogen) atoms. The van der Waals surface area contributed by atoms with Crippen LogP contribution in [0.5, 0.6) is 0 Å². The van der Waals surface area contributed by atoms with Gasteiger partial charge in [0, 0.05) is 11.6 Å². The van der Waals surface area contributed by atoms with E-state index in [-0.39, 0.29) is 11.2 Å². The normalized spacial score (nSPS) is 10.8. The van der Waals surface area contributed by atoms with E-state index in [0.29, 0.717) is 5.39 Å². The fraction of sp³-hybridized carbons (Fsp3) is 0.125. The SMILES string of the molecule is COC(=O)c1c([N+](=O)[O-])c2c3ccccc3ccn2c1C(=O)OC. The molecule has 0 aliphatic carbocycles. The third-order valence-corrected chi connectivity index (χ3v) is 3.75. The Morgan fingerprint density at radius 3 is 2.38 bits per heavy atom. The summed E-state index contributed by atoms with van der Waals surface area (Å²) in [5.41, 5.74) is -1.01. The minimum absolute atomic E-state index is 0.138. The maximum Gasteiger partial charge on any atom is 0.356 e. The number of nitrogens with zero attached hydrogens (tertiary/aromatic N) is 2. The first-order chi connectivity index (χ1) is 11.5. The van der Waals surface area contributed by atoms with E-state index in [9.17, 15) is 19.7 Å². The van der Waals surface area contributed by atoms with E-state index in [0.717, 1.165) is 19.6 Å². The summed E-state index contributed by atoms with van der Waals surface area (Å²) >= 11 is 0. The molecule has 0 spiro atoms. The Labute approximate surface area is 135 Å². The highest BCUT2D eigenvalue weighted by molar-refractivity contribution is 6.13. The number of rotatable bonds is 3. The molecule has 8 nitrogen and oxygen atoms in total. The number of methoxy groups -OCH3 is 2. The first kappa shape index (κ1) is 15.5. The smallest absolute Gasteiger partial charge is 0.356 e. The number of hydrogen-bond donors (Lipinski definition) is 0. The van der Waals surface area contributed by atoms with Gasteiger partial charge in [0.15, 0.2) is 11.3 Å². The van der Waals surface area contributed by atoms with Crippen LogP contribution in [0.25, 0.3) is 16.3 Å². The number of carbonyl (C=O) groups is 2. The van der Waals surface area contributed by atoms with E-state index in [1.807, 2.05) is 0 Å². The third kappa shape index (κ3) is 2.08. The molecule has 0 radical (unpaired) electrons. The van der Waals surface area contributed by atoms with Gasteiger partial charge in [-0.1, -0.05) is 24.3 Å². The standard InChI is InChI=1S/C16H12N2O6/c1-23-15(19)11-13(18(21)22)12-10-6-4-3-5-9(10)7-8-17(12)14(11)16(20)24-2/h3-8H,1-2H3. The number of carbonyl (C=O) groups excluding carboxylic acids is 2. The van der Waals surface area contributed by atoms with Crippen molar-refractivity contribution in [2.45, 2.75) is 0 Å². The summed E-state index contributed by atoms with van der Waals surface area (Å²) in [6.45, 7) is 0. The average molecular weight is 328 g/mol. The van der Waals surface area contributed by atoms with Gasteiger partial charge in [0.05, 0.1) is 19.1 Å². The van der Waals surface area contributed by atoms with Gasteiger partial charge in [-0.25, -0.2) is 9.59 Å². The van der Waals surface area contributed by atoms with Crippen molar-refractivity contribution in [1.29, 1.82) is 0 Å². The van der Waals surface area contributed by atoms with Crippen molar-refractivity contribution in [3.05, 3.63) is 57.9 Å². The highest BCUT2D eigenvalue weighted by Gasteiger charge is 2.36. The molecule has 0 atom stereocenters. The molecular weight excluding hydrogens is 316 g/mol. The van der Waals surface area contributed by atoms with Gasteiger partial charge in [-0.3, -0.25) is 10.1 Å². The van der Waals surface area contributed by atoms with E-state index >= 15 is 0 Å². The zero-order valence-electron chi connectivity index (χ0n) is 12.8. The predicted molar refractivity (Wildman–Crippen MR) is 84.2 cm³/mol. The van der Waals surface area contributed by atoms with Crippen LogP contribution in [0, 0.1) is 10.1 Å². The molecule has 0 saturated heterocycles. The molecule has 1 aromatic carbocycles.